The second-order valence-electron chi connectivity index (χ2n) is 6.31. The molecule has 2 saturated heterocycles. The van der Waals surface area contributed by atoms with E-state index in [0.717, 1.165) is 25.3 Å². The number of aryl methyl sites for hydroxylation is 1. The maximum absolute atomic E-state index is 13.8. The van der Waals surface area contributed by atoms with Gasteiger partial charge in [0.1, 0.15) is 5.82 Å². The first-order chi connectivity index (χ1) is 10.1. The van der Waals surface area contributed by atoms with E-state index in [2.05, 4.69) is 9.80 Å². The van der Waals surface area contributed by atoms with Crippen molar-refractivity contribution in [3.05, 3.63) is 29.1 Å². The average molecular weight is 290 g/mol. The number of benzene rings is 1. The SMILES string of the molecule is CC(=O)c1cc(F)c(C)cc1N1CCN2CCCCC2C1. The Kier molecular flexibility index (Phi) is 3.98. The van der Waals surface area contributed by atoms with Crippen molar-refractivity contribution in [3.8, 4) is 0 Å². The molecule has 0 spiro atoms. The molecular weight excluding hydrogens is 267 g/mol. The number of fused-ring (bicyclic) bond motifs is 1. The van der Waals surface area contributed by atoms with Crippen molar-refractivity contribution in [3.63, 3.8) is 0 Å². The zero-order chi connectivity index (χ0) is 15.0. The Bertz CT molecular complexity index is 558. The molecule has 0 bridgehead atoms. The third-order valence-electron chi connectivity index (χ3n) is 4.83. The van der Waals surface area contributed by atoms with E-state index in [1.54, 1.807) is 6.92 Å². The van der Waals surface area contributed by atoms with Gasteiger partial charge in [0, 0.05) is 36.9 Å². The molecule has 2 heterocycles. The fraction of sp³-hybridized carbons (Fsp3) is 0.588. The fourth-order valence-corrected chi connectivity index (χ4v) is 3.58. The van der Waals surface area contributed by atoms with Gasteiger partial charge in [0.25, 0.3) is 0 Å². The van der Waals surface area contributed by atoms with Gasteiger partial charge in [-0.25, -0.2) is 4.39 Å². The van der Waals surface area contributed by atoms with Crippen molar-refractivity contribution in [1.82, 2.24) is 4.90 Å². The monoisotopic (exact) mass is 290 g/mol. The summed E-state index contributed by atoms with van der Waals surface area (Å²) in [6.45, 7) is 7.39. The number of nitrogens with zero attached hydrogens (tertiary/aromatic N) is 2. The number of rotatable bonds is 2. The van der Waals surface area contributed by atoms with E-state index in [-0.39, 0.29) is 11.6 Å². The van der Waals surface area contributed by atoms with Crippen molar-refractivity contribution in [2.75, 3.05) is 31.1 Å². The molecule has 2 aliphatic heterocycles. The molecule has 0 radical (unpaired) electrons. The van der Waals surface area contributed by atoms with Gasteiger partial charge in [-0.15, -0.1) is 0 Å². The summed E-state index contributed by atoms with van der Waals surface area (Å²) in [4.78, 5) is 16.7. The first kappa shape index (κ1) is 14.5. The highest BCUT2D eigenvalue weighted by Crippen LogP contribution is 2.29. The Morgan fingerprint density at radius 1 is 1.24 bits per heavy atom. The molecule has 1 atom stereocenters. The Balaban J connectivity index is 1.89. The predicted molar refractivity (Wildman–Crippen MR) is 82.6 cm³/mol. The zero-order valence-corrected chi connectivity index (χ0v) is 12.9. The number of carbonyl (C=O) groups is 1. The minimum absolute atomic E-state index is 0.0602. The Labute approximate surface area is 125 Å². The highest BCUT2D eigenvalue weighted by atomic mass is 19.1. The van der Waals surface area contributed by atoms with Crippen LogP contribution in [0, 0.1) is 12.7 Å². The molecule has 21 heavy (non-hydrogen) atoms. The molecule has 114 valence electrons. The van der Waals surface area contributed by atoms with Crippen LogP contribution in [0.15, 0.2) is 12.1 Å². The zero-order valence-electron chi connectivity index (χ0n) is 12.9. The number of halogens is 1. The van der Waals surface area contributed by atoms with Gasteiger partial charge in [-0.3, -0.25) is 9.69 Å². The van der Waals surface area contributed by atoms with Gasteiger partial charge in [-0.2, -0.15) is 0 Å². The number of hydrogen-bond donors (Lipinski definition) is 0. The summed E-state index contributed by atoms with van der Waals surface area (Å²) >= 11 is 0. The number of anilines is 1. The van der Waals surface area contributed by atoms with Crippen LogP contribution in [0.1, 0.15) is 42.1 Å². The largest absolute Gasteiger partial charge is 0.368 e. The van der Waals surface area contributed by atoms with E-state index in [1.165, 1.54) is 38.8 Å². The van der Waals surface area contributed by atoms with Crippen LogP contribution in [0.25, 0.3) is 0 Å². The van der Waals surface area contributed by atoms with Crippen molar-refractivity contribution in [2.45, 2.75) is 39.2 Å². The second-order valence-corrected chi connectivity index (χ2v) is 6.31. The Morgan fingerprint density at radius 2 is 2.05 bits per heavy atom. The van der Waals surface area contributed by atoms with E-state index >= 15 is 0 Å². The quantitative estimate of drug-likeness (QED) is 0.782. The smallest absolute Gasteiger partial charge is 0.161 e. The summed E-state index contributed by atoms with van der Waals surface area (Å²) in [6, 6.07) is 3.82. The van der Waals surface area contributed by atoms with Crippen molar-refractivity contribution in [1.29, 1.82) is 0 Å². The van der Waals surface area contributed by atoms with E-state index in [9.17, 15) is 9.18 Å². The standard InChI is InChI=1S/C17H23FN2O/c1-12-9-17(15(13(2)21)10-16(12)18)20-8-7-19-6-4-3-5-14(19)11-20/h9-10,14H,3-8,11H2,1-2H3. The highest BCUT2D eigenvalue weighted by molar-refractivity contribution is 6.00. The molecule has 0 aliphatic carbocycles. The number of hydrogen-bond acceptors (Lipinski definition) is 3. The van der Waals surface area contributed by atoms with Gasteiger partial charge in [0.15, 0.2) is 5.78 Å². The van der Waals surface area contributed by atoms with Crippen LogP contribution in [0.4, 0.5) is 10.1 Å². The number of ketones is 1. The molecule has 2 fully saturated rings. The van der Waals surface area contributed by atoms with Crippen LogP contribution in [-0.2, 0) is 0 Å². The summed E-state index contributed by atoms with van der Waals surface area (Å²) in [5, 5.41) is 0. The third kappa shape index (κ3) is 2.82. The molecule has 1 aromatic rings. The van der Waals surface area contributed by atoms with Crippen molar-refractivity contribution in [2.24, 2.45) is 0 Å². The number of Topliss-reactive ketones (excluding diaryl/α,β-unsaturated/α-hetero) is 1. The van der Waals surface area contributed by atoms with Crippen LogP contribution in [0.3, 0.4) is 0 Å². The van der Waals surface area contributed by atoms with Gasteiger partial charge < -0.3 is 4.90 Å². The first-order valence-electron chi connectivity index (χ1n) is 7.86. The molecule has 3 nitrogen and oxygen atoms in total. The van der Waals surface area contributed by atoms with E-state index in [0.29, 0.717) is 17.2 Å². The molecule has 0 aromatic heterocycles. The minimum Gasteiger partial charge on any atom is -0.368 e. The van der Waals surface area contributed by atoms with E-state index < -0.39 is 0 Å². The topological polar surface area (TPSA) is 23.6 Å². The lowest BCUT2D eigenvalue weighted by Gasteiger charge is -2.45. The summed E-state index contributed by atoms with van der Waals surface area (Å²) in [5.41, 5.74) is 2.04. The molecule has 0 saturated carbocycles. The molecular formula is C17H23FN2O. The van der Waals surface area contributed by atoms with Crippen molar-refractivity contribution >= 4 is 11.5 Å². The minimum atomic E-state index is -0.291. The molecule has 3 rings (SSSR count). The van der Waals surface area contributed by atoms with Crippen LogP contribution in [0.2, 0.25) is 0 Å². The third-order valence-corrected chi connectivity index (χ3v) is 4.83. The molecule has 1 aromatic carbocycles. The van der Waals surface area contributed by atoms with Crippen LogP contribution >= 0.6 is 0 Å². The Morgan fingerprint density at radius 3 is 2.81 bits per heavy atom. The second kappa shape index (κ2) is 5.76. The molecule has 0 N–H and O–H groups in total. The summed E-state index contributed by atoms with van der Waals surface area (Å²) in [5.74, 6) is -0.352. The lowest BCUT2D eigenvalue weighted by molar-refractivity contribution is 0.101. The molecule has 2 aliphatic rings. The van der Waals surface area contributed by atoms with Gasteiger partial charge in [0.05, 0.1) is 0 Å². The Hall–Kier alpha value is -1.42. The lowest BCUT2D eigenvalue weighted by atomic mass is 9.97. The molecule has 4 heteroatoms. The fourth-order valence-electron chi connectivity index (χ4n) is 3.58. The van der Waals surface area contributed by atoms with Gasteiger partial charge in [0.2, 0.25) is 0 Å². The normalized spacial score (nSPS) is 23.0. The average Bonchev–Trinajstić information content (AvgIpc) is 2.49. The number of piperidine rings is 1. The van der Waals surface area contributed by atoms with E-state index in [1.807, 2.05) is 6.07 Å². The van der Waals surface area contributed by atoms with Crippen LogP contribution in [-0.4, -0.2) is 42.9 Å². The summed E-state index contributed by atoms with van der Waals surface area (Å²) < 4.78 is 13.8. The van der Waals surface area contributed by atoms with Crippen LogP contribution < -0.4 is 4.90 Å². The van der Waals surface area contributed by atoms with E-state index in [4.69, 9.17) is 0 Å². The van der Waals surface area contributed by atoms with Gasteiger partial charge in [-0.1, -0.05) is 6.42 Å². The first-order valence-corrected chi connectivity index (χ1v) is 7.86. The van der Waals surface area contributed by atoms with Crippen molar-refractivity contribution < 1.29 is 9.18 Å². The predicted octanol–water partition coefficient (Wildman–Crippen LogP) is 3.01. The molecule has 0 amide bonds. The van der Waals surface area contributed by atoms with Gasteiger partial charge in [-0.05, 0) is 50.9 Å². The summed E-state index contributed by atoms with van der Waals surface area (Å²) in [6.07, 6.45) is 3.81. The van der Waals surface area contributed by atoms with Crippen LogP contribution in [0.5, 0.6) is 0 Å². The number of carbonyl (C=O) groups excluding carboxylic acids is 1. The molecule has 1 unspecified atom stereocenters. The van der Waals surface area contributed by atoms with Gasteiger partial charge >= 0.3 is 0 Å². The highest BCUT2D eigenvalue weighted by Gasteiger charge is 2.30. The maximum Gasteiger partial charge on any atom is 0.161 e. The summed E-state index contributed by atoms with van der Waals surface area (Å²) in [7, 11) is 0. The lowest BCUT2D eigenvalue weighted by Crippen LogP contribution is -2.55. The number of piperazine rings is 1. The maximum atomic E-state index is 13.8.